The van der Waals surface area contributed by atoms with Gasteiger partial charge in [0.2, 0.25) is 0 Å². The molecule has 0 spiro atoms. The van der Waals surface area contributed by atoms with Gasteiger partial charge in [-0.1, -0.05) is 23.7 Å². The Kier molecular flexibility index (Phi) is 3.99. The molecular formula is C14H10ClF4N. The second-order valence-electron chi connectivity index (χ2n) is 4.39. The van der Waals surface area contributed by atoms with Gasteiger partial charge in [-0.05, 0) is 35.7 Å². The van der Waals surface area contributed by atoms with Crippen molar-refractivity contribution in [2.45, 2.75) is 19.5 Å². The summed E-state index contributed by atoms with van der Waals surface area (Å²) < 4.78 is 52.1. The quantitative estimate of drug-likeness (QED) is 0.574. The Hall–Kier alpha value is -1.62. The van der Waals surface area contributed by atoms with Crippen LogP contribution in [-0.2, 0) is 12.6 Å². The third-order valence-corrected chi connectivity index (χ3v) is 3.18. The first-order valence-electron chi connectivity index (χ1n) is 5.74. The number of rotatable bonds is 2. The van der Waals surface area contributed by atoms with Crippen molar-refractivity contribution in [3.63, 3.8) is 0 Å². The van der Waals surface area contributed by atoms with Gasteiger partial charge in [-0.3, -0.25) is 0 Å². The molecule has 0 aliphatic heterocycles. The van der Waals surface area contributed by atoms with E-state index >= 15 is 0 Å². The van der Waals surface area contributed by atoms with Gasteiger partial charge < -0.3 is 0 Å². The molecule has 2 rings (SSSR count). The van der Waals surface area contributed by atoms with Crippen molar-refractivity contribution in [1.82, 2.24) is 4.98 Å². The van der Waals surface area contributed by atoms with Gasteiger partial charge >= 0.3 is 6.18 Å². The molecule has 6 heteroatoms. The lowest BCUT2D eigenvalue weighted by Gasteiger charge is -2.13. The summed E-state index contributed by atoms with van der Waals surface area (Å²) in [7, 11) is 0. The Morgan fingerprint density at radius 1 is 1.15 bits per heavy atom. The van der Waals surface area contributed by atoms with E-state index in [4.69, 9.17) is 11.6 Å². The van der Waals surface area contributed by atoms with Crippen molar-refractivity contribution in [1.29, 1.82) is 0 Å². The third-order valence-electron chi connectivity index (χ3n) is 2.95. The summed E-state index contributed by atoms with van der Waals surface area (Å²) in [6.45, 7) is 1.57. The number of benzene rings is 1. The van der Waals surface area contributed by atoms with E-state index in [2.05, 4.69) is 4.98 Å². The molecule has 0 aliphatic rings. The van der Waals surface area contributed by atoms with Crippen molar-refractivity contribution in [3.05, 3.63) is 63.7 Å². The molecule has 0 saturated heterocycles. The van der Waals surface area contributed by atoms with Gasteiger partial charge in [-0.25, -0.2) is 9.37 Å². The highest BCUT2D eigenvalue weighted by molar-refractivity contribution is 6.29. The topological polar surface area (TPSA) is 12.9 Å². The maximum atomic E-state index is 14.0. The first-order valence-corrected chi connectivity index (χ1v) is 6.12. The van der Waals surface area contributed by atoms with Crippen LogP contribution in [0.4, 0.5) is 17.6 Å². The lowest BCUT2D eigenvalue weighted by Crippen LogP contribution is -2.11. The molecule has 1 aromatic carbocycles. The molecule has 20 heavy (non-hydrogen) atoms. The van der Waals surface area contributed by atoms with E-state index in [-0.39, 0.29) is 17.1 Å². The number of hydrogen-bond donors (Lipinski definition) is 0. The Morgan fingerprint density at radius 2 is 1.85 bits per heavy atom. The third kappa shape index (κ3) is 3.10. The number of alkyl halides is 3. The molecule has 0 atom stereocenters. The number of halogens is 5. The average Bonchev–Trinajstić information content (AvgIpc) is 2.35. The first-order chi connectivity index (χ1) is 9.29. The summed E-state index contributed by atoms with van der Waals surface area (Å²) in [5.41, 5.74) is -0.176. The predicted octanol–water partition coefficient (Wildman–Crippen LogP) is 4.79. The highest BCUT2D eigenvalue weighted by atomic mass is 35.5. The summed E-state index contributed by atoms with van der Waals surface area (Å²) in [4.78, 5) is 3.83. The number of pyridine rings is 1. The lowest BCUT2D eigenvalue weighted by atomic mass is 9.98. The number of aromatic nitrogens is 1. The zero-order valence-corrected chi connectivity index (χ0v) is 11.2. The predicted molar refractivity (Wildman–Crippen MR) is 68.2 cm³/mol. The molecule has 0 unspecified atom stereocenters. The second-order valence-corrected chi connectivity index (χ2v) is 4.77. The number of aryl methyl sites for hydroxylation is 1. The zero-order valence-electron chi connectivity index (χ0n) is 10.4. The van der Waals surface area contributed by atoms with Crippen molar-refractivity contribution < 1.29 is 17.6 Å². The fourth-order valence-corrected chi connectivity index (χ4v) is 1.98. The standard InChI is InChI=1S/C14H10ClF4N/c1-8-2-4-11(14(17,18)19)13(16)10(8)6-9-3-5-12(15)20-7-9/h2-5,7H,6H2,1H3. The molecule has 2 aromatic rings. The lowest BCUT2D eigenvalue weighted by molar-refractivity contribution is -0.140. The van der Waals surface area contributed by atoms with Crippen molar-refractivity contribution in [2.75, 3.05) is 0 Å². The molecule has 0 aliphatic carbocycles. The summed E-state index contributed by atoms with van der Waals surface area (Å²) in [5.74, 6) is -1.23. The van der Waals surface area contributed by atoms with E-state index in [0.717, 1.165) is 6.07 Å². The molecule has 0 amide bonds. The van der Waals surface area contributed by atoms with Gasteiger partial charge in [0, 0.05) is 12.6 Å². The molecule has 106 valence electrons. The first kappa shape index (κ1) is 14.8. The van der Waals surface area contributed by atoms with Gasteiger partial charge in [0.25, 0.3) is 0 Å². The summed E-state index contributed by atoms with van der Waals surface area (Å²) in [5, 5.41) is 0.273. The molecule has 0 saturated carbocycles. The van der Waals surface area contributed by atoms with Crippen LogP contribution in [-0.4, -0.2) is 4.98 Å². The van der Waals surface area contributed by atoms with Crippen LogP contribution in [0.5, 0.6) is 0 Å². The van der Waals surface area contributed by atoms with Gasteiger partial charge in [0.05, 0.1) is 5.56 Å². The van der Waals surface area contributed by atoms with Gasteiger partial charge in [0.15, 0.2) is 0 Å². The van der Waals surface area contributed by atoms with Crippen LogP contribution in [0.15, 0.2) is 30.5 Å². The van der Waals surface area contributed by atoms with Crippen LogP contribution in [0.2, 0.25) is 5.15 Å². The SMILES string of the molecule is Cc1ccc(C(F)(F)F)c(F)c1Cc1ccc(Cl)nc1. The molecule has 0 radical (unpaired) electrons. The molecule has 0 bridgehead atoms. The van der Waals surface area contributed by atoms with E-state index in [9.17, 15) is 17.6 Å². The Bertz CT molecular complexity index is 620. The average molecular weight is 304 g/mol. The largest absolute Gasteiger partial charge is 0.419 e. The van der Waals surface area contributed by atoms with Crippen LogP contribution in [0.25, 0.3) is 0 Å². The van der Waals surface area contributed by atoms with Gasteiger partial charge in [-0.15, -0.1) is 0 Å². The van der Waals surface area contributed by atoms with Crippen LogP contribution < -0.4 is 0 Å². The molecule has 1 heterocycles. The fraction of sp³-hybridized carbons (Fsp3) is 0.214. The van der Waals surface area contributed by atoms with Crippen LogP contribution >= 0.6 is 11.6 Å². The van der Waals surface area contributed by atoms with Gasteiger partial charge in [-0.2, -0.15) is 13.2 Å². The Labute approximate surface area is 118 Å². The van der Waals surface area contributed by atoms with E-state index in [1.54, 1.807) is 13.0 Å². The summed E-state index contributed by atoms with van der Waals surface area (Å²) >= 11 is 5.63. The van der Waals surface area contributed by atoms with Crippen molar-refractivity contribution in [3.8, 4) is 0 Å². The zero-order chi connectivity index (χ0) is 14.9. The van der Waals surface area contributed by atoms with Crippen molar-refractivity contribution in [2.24, 2.45) is 0 Å². The van der Waals surface area contributed by atoms with Crippen LogP contribution in [0.1, 0.15) is 22.3 Å². The van der Waals surface area contributed by atoms with E-state index in [1.165, 1.54) is 18.3 Å². The molecule has 0 fully saturated rings. The molecular weight excluding hydrogens is 294 g/mol. The van der Waals surface area contributed by atoms with E-state index < -0.39 is 17.6 Å². The Balaban J connectivity index is 2.43. The minimum atomic E-state index is -4.70. The van der Waals surface area contributed by atoms with Crippen molar-refractivity contribution >= 4 is 11.6 Å². The van der Waals surface area contributed by atoms with Crippen LogP contribution in [0.3, 0.4) is 0 Å². The molecule has 1 aromatic heterocycles. The Morgan fingerprint density at radius 3 is 2.40 bits per heavy atom. The smallest absolute Gasteiger partial charge is 0.244 e. The minimum absolute atomic E-state index is 0.0175. The summed E-state index contributed by atoms with van der Waals surface area (Å²) in [6, 6.07) is 5.14. The maximum Gasteiger partial charge on any atom is 0.419 e. The highest BCUT2D eigenvalue weighted by Gasteiger charge is 2.35. The molecule has 0 N–H and O–H groups in total. The maximum absolute atomic E-state index is 14.0. The summed E-state index contributed by atoms with van der Waals surface area (Å²) in [6.07, 6.45) is -3.25. The van der Waals surface area contributed by atoms with Gasteiger partial charge in [0.1, 0.15) is 11.0 Å². The highest BCUT2D eigenvalue weighted by Crippen LogP contribution is 2.34. The number of nitrogens with zero attached hydrogens (tertiary/aromatic N) is 1. The van der Waals surface area contributed by atoms with E-state index in [1.807, 2.05) is 0 Å². The second kappa shape index (κ2) is 5.40. The minimum Gasteiger partial charge on any atom is -0.244 e. The van der Waals surface area contributed by atoms with E-state index in [0.29, 0.717) is 11.1 Å². The number of hydrogen-bond acceptors (Lipinski definition) is 1. The van der Waals surface area contributed by atoms with Crippen LogP contribution in [0, 0.1) is 12.7 Å². The monoisotopic (exact) mass is 303 g/mol. The normalized spacial score (nSPS) is 11.7. The molecule has 1 nitrogen and oxygen atoms in total. The fourth-order valence-electron chi connectivity index (χ4n) is 1.87.